The van der Waals surface area contributed by atoms with Gasteiger partial charge in [0.05, 0.1) is 23.1 Å². The van der Waals surface area contributed by atoms with E-state index in [0.29, 0.717) is 76.3 Å². The Bertz CT molecular complexity index is 2010. The Morgan fingerprint density at radius 2 is 1.83 bits per heavy atom. The van der Waals surface area contributed by atoms with Crippen molar-refractivity contribution < 1.29 is 22.8 Å². The van der Waals surface area contributed by atoms with Crippen molar-refractivity contribution in [3.63, 3.8) is 0 Å². The summed E-state index contributed by atoms with van der Waals surface area (Å²) in [6, 6.07) is 9.10. The number of amides is 2. The maximum atomic E-state index is 14.5. The highest BCUT2D eigenvalue weighted by atomic mass is 19.4. The van der Waals surface area contributed by atoms with E-state index in [1.807, 2.05) is 19.1 Å². The third-order valence-corrected chi connectivity index (χ3v) is 9.53. The number of aromatic nitrogens is 5. The number of pyridine rings is 1. The predicted octanol–water partition coefficient (Wildman–Crippen LogP) is 6.58. The molecule has 2 amide bonds. The molecular formula is C36H36F3N7O2. The Morgan fingerprint density at radius 3 is 2.56 bits per heavy atom. The van der Waals surface area contributed by atoms with Crippen LogP contribution in [-0.4, -0.2) is 49.2 Å². The Morgan fingerprint density at radius 1 is 1.04 bits per heavy atom. The van der Waals surface area contributed by atoms with Crippen LogP contribution in [-0.2, 0) is 32.6 Å². The number of hydrogen-bond donors (Lipinski definition) is 1. The van der Waals surface area contributed by atoms with Crippen molar-refractivity contribution in [2.45, 2.75) is 58.2 Å². The molecule has 0 bridgehead atoms. The van der Waals surface area contributed by atoms with Gasteiger partial charge in [0.2, 0.25) is 0 Å². The lowest BCUT2D eigenvalue weighted by molar-refractivity contribution is -0.141. The van der Waals surface area contributed by atoms with Crippen molar-refractivity contribution in [2.75, 3.05) is 18.0 Å². The van der Waals surface area contributed by atoms with Crippen LogP contribution in [0.4, 0.5) is 18.9 Å². The van der Waals surface area contributed by atoms with E-state index >= 15 is 0 Å². The first-order valence-corrected chi connectivity index (χ1v) is 16.3. The summed E-state index contributed by atoms with van der Waals surface area (Å²) in [6.45, 7) is 3.18. The second kappa shape index (κ2) is 12.6. The van der Waals surface area contributed by atoms with Crippen LogP contribution in [0.25, 0.3) is 22.0 Å². The Balaban J connectivity index is 1.31. The Hall–Kier alpha value is -5.00. The summed E-state index contributed by atoms with van der Waals surface area (Å²) in [6.07, 6.45) is 8.88. The second-order valence-corrected chi connectivity index (χ2v) is 12.8. The summed E-state index contributed by atoms with van der Waals surface area (Å²) in [4.78, 5) is 38.3. The molecule has 0 unspecified atom stereocenters. The zero-order valence-corrected chi connectivity index (χ0v) is 26.8. The van der Waals surface area contributed by atoms with Crippen LogP contribution >= 0.6 is 0 Å². The average molecular weight is 656 g/mol. The van der Waals surface area contributed by atoms with Crippen LogP contribution < -0.4 is 10.2 Å². The van der Waals surface area contributed by atoms with Crippen LogP contribution in [0.15, 0.2) is 61.4 Å². The first-order valence-electron chi connectivity index (χ1n) is 16.3. The second-order valence-electron chi connectivity index (χ2n) is 12.8. The monoisotopic (exact) mass is 655 g/mol. The van der Waals surface area contributed by atoms with Gasteiger partial charge in [-0.3, -0.25) is 19.3 Å². The lowest BCUT2D eigenvalue weighted by Crippen LogP contribution is -2.38. The number of nitrogens with one attached hydrogen (secondary N) is 1. The molecule has 248 valence electrons. The molecule has 1 aliphatic heterocycles. The third kappa shape index (κ3) is 5.95. The van der Waals surface area contributed by atoms with E-state index in [4.69, 9.17) is 0 Å². The number of benzene rings is 2. The van der Waals surface area contributed by atoms with Gasteiger partial charge in [-0.2, -0.15) is 18.3 Å². The van der Waals surface area contributed by atoms with Gasteiger partial charge < -0.3 is 14.8 Å². The highest BCUT2D eigenvalue weighted by Gasteiger charge is 2.39. The first kappa shape index (κ1) is 31.6. The molecule has 1 aliphatic carbocycles. The van der Waals surface area contributed by atoms with Crippen LogP contribution in [0.2, 0.25) is 0 Å². The fourth-order valence-electron chi connectivity index (χ4n) is 7.17. The number of aryl methyl sites for hydroxylation is 2. The quantitative estimate of drug-likeness (QED) is 0.204. The first-order chi connectivity index (χ1) is 23.1. The molecule has 0 radical (unpaired) electrons. The van der Waals surface area contributed by atoms with Crippen molar-refractivity contribution in [1.29, 1.82) is 0 Å². The molecule has 1 saturated carbocycles. The molecule has 12 heteroatoms. The van der Waals surface area contributed by atoms with Gasteiger partial charge in [-0.25, -0.2) is 4.98 Å². The molecule has 4 heterocycles. The van der Waals surface area contributed by atoms with E-state index in [1.165, 1.54) is 26.1 Å². The minimum Gasteiger partial charge on any atom is -0.352 e. The number of halogens is 3. The fourth-order valence-corrected chi connectivity index (χ4v) is 7.17. The average Bonchev–Trinajstić information content (AvgIpc) is 3.86. The van der Waals surface area contributed by atoms with Crippen molar-refractivity contribution >= 4 is 28.4 Å². The van der Waals surface area contributed by atoms with Crippen LogP contribution in [0, 0.1) is 5.92 Å². The summed E-state index contributed by atoms with van der Waals surface area (Å²) in [7, 11) is 1.45. The van der Waals surface area contributed by atoms with Gasteiger partial charge in [0, 0.05) is 68.0 Å². The number of hydrogen-bond acceptors (Lipinski definition) is 5. The van der Waals surface area contributed by atoms with Gasteiger partial charge in [-0.05, 0) is 84.2 Å². The zero-order chi connectivity index (χ0) is 33.6. The van der Waals surface area contributed by atoms with E-state index < -0.39 is 11.9 Å². The summed E-state index contributed by atoms with van der Waals surface area (Å²) in [5.41, 5.74) is 3.33. The molecule has 9 nitrogen and oxygen atoms in total. The third-order valence-electron chi connectivity index (χ3n) is 9.53. The van der Waals surface area contributed by atoms with E-state index in [0.717, 1.165) is 23.1 Å². The normalized spacial score (nSPS) is 15.4. The van der Waals surface area contributed by atoms with E-state index in [2.05, 4.69) is 20.4 Å². The van der Waals surface area contributed by atoms with Gasteiger partial charge in [-0.1, -0.05) is 19.8 Å². The SMILES string of the molecule is CCc1cc(C(=O)NCC2CCCC2)c2nccc(N3CCc4c(cc(Cn5ccnc5)cc4-c4cn(C)nc4C(F)(F)F)C3=O)c2c1. The van der Waals surface area contributed by atoms with Gasteiger partial charge >= 0.3 is 6.18 Å². The minimum absolute atomic E-state index is 0.0646. The smallest absolute Gasteiger partial charge is 0.352 e. The summed E-state index contributed by atoms with van der Waals surface area (Å²) in [5.74, 6) is -0.0384. The van der Waals surface area contributed by atoms with Gasteiger partial charge in [0.25, 0.3) is 11.8 Å². The standard InChI is InChI=1S/C36H36F3N7O2/c1-3-22-14-28-31(8-10-41-32(28)29(15-22)34(47)42-18-23-6-4-5-7-23)46-12-9-25-26(30-20-44(2)43-33(30)36(37,38)39)16-24(17-27(25)35(46)48)19-45-13-11-40-21-45/h8,10-11,13-17,20-21,23H,3-7,9,12,18-19H2,1-2H3,(H,42,47). The molecule has 7 rings (SSSR count). The van der Waals surface area contributed by atoms with E-state index in [9.17, 15) is 22.8 Å². The van der Waals surface area contributed by atoms with Crippen LogP contribution in [0.5, 0.6) is 0 Å². The fraction of sp³-hybridized carbons (Fsp3) is 0.361. The largest absolute Gasteiger partial charge is 0.435 e. The maximum absolute atomic E-state index is 14.5. The molecule has 1 N–H and O–H groups in total. The van der Waals surface area contributed by atoms with Crippen LogP contribution in [0.1, 0.15) is 75.7 Å². The highest BCUT2D eigenvalue weighted by Crippen LogP contribution is 2.41. The molecule has 1 fully saturated rings. The Kier molecular flexibility index (Phi) is 8.26. The molecule has 0 saturated heterocycles. The molecule has 2 aromatic carbocycles. The van der Waals surface area contributed by atoms with Crippen molar-refractivity contribution in [1.82, 2.24) is 29.6 Å². The van der Waals surface area contributed by atoms with E-state index in [-0.39, 0.29) is 23.9 Å². The summed E-state index contributed by atoms with van der Waals surface area (Å²) < 4.78 is 45.5. The molecule has 5 aromatic rings. The topological polar surface area (TPSA) is 97.9 Å². The lowest BCUT2D eigenvalue weighted by Gasteiger charge is -2.31. The summed E-state index contributed by atoms with van der Waals surface area (Å²) in [5, 5.41) is 7.54. The number of carbonyl (C=O) groups is 2. The summed E-state index contributed by atoms with van der Waals surface area (Å²) >= 11 is 0. The zero-order valence-electron chi connectivity index (χ0n) is 26.8. The molecule has 3 aromatic heterocycles. The molecule has 0 spiro atoms. The maximum Gasteiger partial charge on any atom is 0.435 e. The minimum atomic E-state index is -4.68. The van der Waals surface area contributed by atoms with Gasteiger partial charge in [-0.15, -0.1) is 0 Å². The number of fused-ring (bicyclic) bond motifs is 2. The Labute approximate surface area is 275 Å². The number of rotatable bonds is 8. The predicted molar refractivity (Wildman–Crippen MR) is 176 cm³/mol. The molecule has 2 aliphatic rings. The number of alkyl halides is 3. The van der Waals surface area contributed by atoms with Crippen molar-refractivity contribution in [2.24, 2.45) is 13.0 Å². The number of imidazole rings is 1. The number of carbonyl (C=O) groups excluding carboxylic acids is 2. The van der Waals surface area contributed by atoms with E-state index in [1.54, 1.807) is 52.6 Å². The van der Waals surface area contributed by atoms with Crippen LogP contribution in [0.3, 0.4) is 0 Å². The number of anilines is 1. The molecule has 0 atom stereocenters. The van der Waals surface area contributed by atoms with Gasteiger partial charge in [0.1, 0.15) is 0 Å². The van der Waals surface area contributed by atoms with Gasteiger partial charge in [0.15, 0.2) is 5.69 Å². The molecular weight excluding hydrogens is 619 g/mol. The number of nitrogens with zero attached hydrogens (tertiary/aromatic N) is 6. The highest BCUT2D eigenvalue weighted by molar-refractivity contribution is 6.15. The molecule has 48 heavy (non-hydrogen) atoms. The lowest BCUT2D eigenvalue weighted by atomic mass is 9.87. The van der Waals surface area contributed by atoms with Crippen molar-refractivity contribution in [3.05, 3.63) is 95.0 Å². The van der Waals surface area contributed by atoms with Crippen molar-refractivity contribution in [3.8, 4) is 11.1 Å².